The van der Waals surface area contributed by atoms with Crippen LogP contribution in [-0.2, 0) is 9.53 Å². The van der Waals surface area contributed by atoms with Crippen LogP contribution in [0.2, 0.25) is 15.1 Å². The predicted octanol–water partition coefficient (Wildman–Crippen LogP) is 4.74. The molecule has 1 amide bonds. The zero-order chi connectivity index (χ0) is 19.4. The van der Waals surface area contributed by atoms with Gasteiger partial charge in [-0.1, -0.05) is 40.9 Å². The number of amides is 1. The average Bonchev–Trinajstić information content (AvgIpc) is 2.58. The number of hydrogen-bond acceptors (Lipinski definition) is 5. The maximum absolute atomic E-state index is 12.2. The number of benzene rings is 2. The molecule has 10 heteroatoms. The first-order chi connectivity index (χ1) is 12.2. The van der Waals surface area contributed by atoms with E-state index in [9.17, 15) is 19.7 Å². The smallest absolute Gasteiger partial charge is 0.339 e. The number of nitro benzene ring substituents is 1. The Morgan fingerprint density at radius 3 is 2.50 bits per heavy atom. The van der Waals surface area contributed by atoms with Crippen molar-refractivity contribution in [3.05, 3.63) is 67.1 Å². The maximum Gasteiger partial charge on any atom is 0.339 e. The number of esters is 1. The Labute approximate surface area is 162 Å². The summed E-state index contributed by atoms with van der Waals surface area (Å²) in [5.74, 6) is -1.56. The summed E-state index contributed by atoms with van der Waals surface area (Å²) in [6, 6.07) is 8.11. The zero-order valence-electron chi connectivity index (χ0n) is 13.2. The molecule has 0 aliphatic heterocycles. The van der Waals surface area contributed by atoms with Crippen LogP contribution in [0.3, 0.4) is 0 Å². The number of carbonyl (C=O) groups is 2. The minimum atomic E-state index is -1.19. The fourth-order valence-corrected chi connectivity index (χ4v) is 2.43. The molecule has 1 N–H and O–H groups in total. The number of nitro groups is 1. The van der Waals surface area contributed by atoms with Crippen molar-refractivity contribution in [2.24, 2.45) is 0 Å². The lowest BCUT2D eigenvalue weighted by atomic mass is 10.2. The van der Waals surface area contributed by atoms with Crippen molar-refractivity contribution in [1.29, 1.82) is 0 Å². The van der Waals surface area contributed by atoms with E-state index < -0.39 is 28.6 Å². The van der Waals surface area contributed by atoms with Gasteiger partial charge in [-0.05, 0) is 31.2 Å². The van der Waals surface area contributed by atoms with Crippen molar-refractivity contribution in [3.8, 4) is 0 Å². The zero-order valence-corrected chi connectivity index (χ0v) is 15.4. The predicted molar refractivity (Wildman–Crippen MR) is 98.1 cm³/mol. The Bertz CT molecular complexity index is 888. The van der Waals surface area contributed by atoms with Gasteiger partial charge in [0.1, 0.15) is 5.02 Å². The van der Waals surface area contributed by atoms with Gasteiger partial charge in [0.25, 0.3) is 11.6 Å². The van der Waals surface area contributed by atoms with Crippen molar-refractivity contribution in [2.75, 3.05) is 5.32 Å². The third-order valence-corrected chi connectivity index (χ3v) is 4.38. The first kappa shape index (κ1) is 20.0. The van der Waals surface area contributed by atoms with Crippen molar-refractivity contribution >= 4 is 58.1 Å². The highest BCUT2D eigenvalue weighted by Crippen LogP contribution is 2.30. The van der Waals surface area contributed by atoms with Gasteiger partial charge in [0, 0.05) is 6.07 Å². The van der Waals surface area contributed by atoms with Crippen LogP contribution in [0.1, 0.15) is 17.3 Å². The molecule has 2 rings (SSSR count). The Kier molecular flexibility index (Phi) is 6.42. The van der Waals surface area contributed by atoms with Crippen LogP contribution < -0.4 is 5.32 Å². The van der Waals surface area contributed by atoms with Gasteiger partial charge in [0.2, 0.25) is 0 Å². The minimum Gasteiger partial charge on any atom is -0.449 e. The van der Waals surface area contributed by atoms with E-state index in [1.807, 2.05) is 0 Å². The molecule has 0 aliphatic rings. The Morgan fingerprint density at radius 2 is 1.85 bits per heavy atom. The molecule has 1 unspecified atom stereocenters. The lowest BCUT2D eigenvalue weighted by Gasteiger charge is -2.14. The number of halogens is 3. The molecule has 2 aromatic carbocycles. The van der Waals surface area contributed by atoms with E-state index in [0.717, 1.165) is 6.07 Å². The van der Waals surface area contributed by atoms with Gasteiger partial charge in [0.05, 0.1) is 26.2 Å². The van der Waals surface area contributed by atoms with Gasteiger partial charge in [-0.3, -0.25) is 14.9 Å². The van der Waals surface area contributed by atoms with E-state index in [0.29, 0.717) is 0 Å². The van der Waals surface area contributed by atoms with Gasteiger partial charge in [-0.15, -0.1) is 0 Å². The Hall–Kier alpha value is -2.35. The van der Waals surface area contributed by atoms with Crippen LogP contribution in [-0.4, -0.2) is 22.9 Å². The lowest BCUT2D eigenvalue weighted by molar-refractivity contribution is -0.384. The molecule has 136 valence electrons. The van der Waals surface area contributed by atoms with Gasteiger partial charge < -0.3 is 10.1 Å². The molecule has 26 heavy (non-hydrogen) atoms. The van der Waals surface area contributed by atoms with Gasteiger partial charge in [-0.25, -0.2) is 4.79 Å². The highest BCUT2D eigenvalue weighted by molar-refractivity contribution is 6.44. The average molecular weight is 418 g/mol. The molecule has 2 aromatic rings. The summed E-state index contributed by atoms with van der Waals surface area (Å²) in [7, 11) is 0. The standard InChI is InChI=1S/C16H11Cl3N2O5/c1-8(15(22)20-12-4-2-3-11(18)14(12)19)26-16(23)9-5-6-10(17)13(7-9)21(24)25/h2-8H,1H3,(H,20,22). The van der Waals surface area contributed by atoms with Crippen molar-refractivity contribution in [3.63, 3.8) is 0 Å². The molecule has 7 nitrogen and oxygen atoms in total. The summed E-state index contributed by atoms with van der Waals surface area (Å²) >= 11 is 17.5. The maximum atomic E-state index is 12.2. The van der Waals surface area contributed by atoms with Crippen LogP contribution in [0.15, 0.2) is 36.4 Å². The second kappa shape index (κ2) is 8.35. The van der Waals surface area contributed by atoms with Crippen LogP contribution >= 0.6 is 34.8 Å². The third kappa shape index (κ3) is 4.63. The lowest BCUT2D eigenvalue weighted by Crippen LogP contribution is -2.30. The molecule has 0 aliphatic carbocycles. The van der Waals surface area contributed by atoms with Crippen molar-refractivity contribution in [1.82, 2.24) is 0 Å². The van der Waals surface area contributed by atoms with Crippen LogP contribution in [0, 0.1) is 10.1 Å². The molecule has 1 atom stereocenters. The van der Waals surface area contributed by atoms with E-state index in [-0.39, 0.29) is 26.3 Å². The summed E-state index contributed by atoms with van der Waals surface area (Å²) < 4.78 is 5.02. The number of carbonyl (C=O) groups excluding carboxylic acids is 2. The van der Waals surface area contributed by atoms with Gasteiger partial charge in [0.15, 0.2) is 6.10 Å². The van der Waals surface area contributed by atoms with Crippen LogP contribution in [0.4, 0.5) is 11.4 Å². The SMILES string of the molecule is CC(OC(=O)c1ccc(Cl)c([N+](=O)[O-])c1)C(=O)Nc1cccc(Cl)c1Cl. The molecular formula is C16H11Cl3N2O5. The number of nitrogens with zero attached hydrogens (tertiary/aromatic N) is 1. The van der Waals surface area contributed by atoms with E-state index in [1.54, 1.807) is 12.1 Å². The fourth-order valence-electron chi connectivity index (χ4n) is 1.90. The summed E-state index contributed by atoms with van der Waals surface area (Å²) in [5, 5.41) is 13.6. The molecule has 0 fully saturated rings. The van der Waals surface area contributed by atoms with E-state index in [4.69, 9.17) is 39.5 Å². The first-order valence-electron chi connectivity index (χ1n) is 7.10. The van der Waals surface area contributed by atoms with E-state index in [2.05, 4.69) is 5.32 Å². The summed E-state index contributed by atoms with van der Waals surface area (Å²) in [4.78, 5) is 34.4. The minimum absolute atomic E-state index is 0.110. The third-order valence-electron chi connectivity index (χ3n) is 3.24. The number of anilines is 1. The molecule has 0 saturated heterocycles. The number of nitrogens with one attached hydrogen (secondary N) is 1. The molecule has 0 radical (unpaired) electrons. The van der Waals surface area contributed by atoms with Crippen LogP contribution in [0.25, 0.3) is 0 Å². The van der Waals surface area contributed by atoms with Crippen molar-refractivity contribution in [2.45, 2.75) is 13.0 Å². The number of rotatable bonds is 5. The monoisotopic (exact) mass is 416 g/mol. The molecule has 0 bridgehead atoms. The van der Waals surface area contributed by atoms with Crippen LogP contribution in [0.5, 0.6) is 0 Å². The van der Waals surface area contributed by atoms with E-state index in [1.165, 1.54) is 25.1 Å². The summed E-state index contributed by atoms with van der Waals surface area (Å²) in [6.07, 6.45) is -1.19. The Morgan fingerprint density at radius 1 is 1.15 bits per heavy atom. The highest BCUT2D eigenvalue weighted by atomic mass is 35.5. The molecule has 0 saturated carbocycles. The van der Waals surface area contributed by atoms with Gasteiger partial charge >= 0.3 is 5.97 Å². The molecular weight excluding hydrogens is 407 g/mol. The second-order valence-corrected chi connectivity index (χ2v) is 6.25. The first-order valence-corrected chi connectivity index (χ1v) is 8.24. The summed E-state index contributed by atoms with van der Waals surface area (Å²) in [6.45, 7) is 1.34. The Balaban J connectivity index is 2.09. The topological polar surface area (TPSA) is 98.5 Å². The second-order valence-electron chi connectivity index (χ2n) is 5.06. The normalized spacial score (nSPS) is 11.5. The quantitative estimate of drug-likeness (QED) is 0.430. The van der Waals surface area contributed by atoms with Gasteiger partial charge in [-0.2, -0.15) is 0 Å². The number of hydrogen-bond donors (Lipinski definition) is 1. The fraction of sp³-hybridized carbons (Fsp3) is 0.125. The van der Waals surface area contributed by atoms with E-state index >= 15 is 0 Å². The summed E-state index contributed by atoms with van der Waals surface area (Å²) in [5.41, 5.74) is -0.292. The number of ether oxygens (including phenoxy) is 1. The highest BCUT2D eigenvalue weighted by Gasteiger charge is 2.22. The van der Waals surface area contributed by atoms with Crippen molar-refractivity contribution < 1.29 is 19.2 Å². The molecule has 0 aromatic heterocycles. The largest absolute Gasteiger partial charge is 0.449 e. The molecule has 0 spiro atoms. The molecule has 0 heterocycles.